The molecular formula is C13H12BrFS. The summed E-state index contributed by atoms with van der Waals surface area (Å²) >= 11 is 5.39. The van der Waals surface area contributed by atoms with E-state index in [1.165, 1.54) is 16.5 Å². The van der Waals surface area contributed by atoms with Crippen molar-refractivity contribution < 1.29 is 4.39 Å². The van der Waals surface area contributed by atoms with Crippen molar-refractivity contribution in [3.05, 3.63) is 57.0 Å². The molecule has 0 nitrogen and oxygen atoms in total. The molecule has 2 aromatic rings. The van der Waals surface area contributed by atoms with Crippen LogP contribution in [0.4, 0.5) is 4.39 Å². The Balaban J connectivity index is 2.38. The zero-order chi connectivity index (χ0) is 11.7. The van der Waals surface area contributed by atoms with Crippen molar-refractivity contribution >= 4 is 27.3 Å². The van der Waals surface area contributed by atoms with Crippen LogP contribution in [0.2, 0.25) is 0 Å². The quantitative estimate of drug-likeness (QED) is 0.685. The highest BCUT2D eigenvalue weighted by atomic mass is 79.9. The number of aryl methyl sites for hydroxylation is 2. The molecule has 84 valence electrons. The number of benzene rings is 1. The van der Waals surface area contributed by atoms with Crippen molar-refractivity contribution in [3.63, 3.8) is 0 Å². The third-order valence-corrected chi connectivity index (χ3v) is 4.98. The number of halogens is 2. The lowest BCUT2D eigenvalue weighted by Crippen LogP contribution is -1.93. The van der Waals surface area contributed by atoms with E-state index in [4.69, 9.17) is 0 Å². The molecule has 16 heavy (non-hydrogen) atoms. The second kappa shape index (κ2) is 4.68. The van der Waals surface area contributed by atoms with E-state index in [1.54, 1.807) is 18.3 Å². The summed E-state index contributed by atoms with van der Waals surface area (Å²) in [5.74, 6) is -0.147. The molecule has 0 saturated heterocycles. The molecule has 3 heteroatoms. The van der Waals surface area contributed by atoms with Gasteiger partial charge >= 0.3 is 0 Å². The molecule has 1 atom stereocenters. The Morgan fingerprint density at radius 3 is 2.50 bits per heavy atom. The standard InChI is InChI=1S/C13H12BrFS/c1-8-5-6-16-13(8)12(14)10-3-4-11(15)9(2)7-10/h3-7,12H,1-2H3. The molecule has 0 spiro atoms. The average Bonchev–Trinajstić information content (AvgIpc) is 2.67. The van der Waals surface area contributed by atoms with E-state index < -0.39 is 0 Å². The predicted molar refractivity (Wildman–Crippen MR) is 71.0 cm³/mol. The van der Waals surface area contributed by atoms with Gasteiger partial charge in [-0.15, -0.1) is 11.3 Å². The lowest BCUT2D eigenvalue weighted by Gasteiger charge is -2.10. The van der Waals surface area contributed by atoms with Crippen LogP contribution in [0.15, 0.2) is 29.6 Å². The van der Waals surface area contributed by atoms with Crippen molar-refractivity contribution in [2.45, 2.75) is 18.7 Å². The largest absolute Gasteiger partial charge is 0.207 e. The van der Waals surface area contributed by atoms with Gasteiger partial charge in [0.25, 0.3) is 0 Å². The molecule has 0 bridgehead atoms. The first-order valence-electron chi connectivity index (χ1n) is 5.03. The number of alkyl halides is 1. The highest BCUT2D eigenvalue weighted by Crippen LogP contribution is 2.36. The van der Waals surface area contributed by atoms with Crippen LogP contribution in [0.3, 0.4) is 0 Å². The number of thiophene rings is 1. The van der Waals surface area contributed by atoms with Gasteiger partial charge in [0.2, 0.25) is 0 Å². The molecule has 0 aliphatic heterocycles. The van der Waals surface area contributed by atoms with Gasteiger partial charge in [-0.1, -0.05) is 28.1 Å². The van der Waals surface area contributed by atoms with E-state index in [0.29, 0.717) is 5.56 Å². The molecule has 0 amide bonds. The molecule has 0 N–H and O–H groups in total. The predicted octanol–water partition coefficient (Wildman–Crippen LogP) is 4.99. The van der Waals surface area contributed by atoms with Crippen LogP contribution >= 0.6 is 27.3 Å². The van der Waals surface area contributed by atoms with Crippen LogP contribution in [0.1, 0.15) is 26.4 Å². The van der Waals surface area contributed by atoms with Crippen LogP contribution in [-0.2, 0) is 0 Å². The molecule has 2 rings (SSSR count). The Morgan fingerprint density at radius 1 is 1.19 bits per heavy atom. The summed E-state index contributed by atoms with van der Waals surface area (Å²) in [6.07, 6.45) is 0. The van der Waals surface area contributed by atoms with Crippen LogP contribution in [0, 0.1) is 19.7 Å². The van der Waals surface area contributed by atoms with Gasteiger partial charge < -0.3 is 0 Å². The zero-order valence-corrected chi connectivity index (χ0v) is 11.5. The summed E-state index contributed by atoms with van der Waals surface area (Å²) < 4.78 is 13.2. The van der Waals surface area contributed by atoms with Gasteiger partial charge in [0.15, 0.2) is 0 Å². The van der Waals surface area contributed by atoms with Crippen LogP contribution in [0.25, 0.3) is 0 Å². The zero-order valence-electron chi connectivity index (χ0n) is 9.13. The van der Waals surface area contributed by atoms with Gasteiger partial charge in [-0.3, -0.25) is 0 Å². The van der Waals surface area contributed by atoms with E-state index in [9.17, 15) is 4.39 Å². The number of rotatable bonds is 2. The molecular weight excluding hydrogens is 287 g/mol. The minimum absolute atomic E-state index is 0.147. The normalized spacial score (nSPS) is 12.8. The molecule has 0 radical (unpaired) electrons. The Labute approximate surface area is 107 Å². The van der Waals surface area contributed by atoms with E-state index >= 15 is 0 Å². The van der Waals surface area contributed by atoms with Crippen LogP contribution in [-0.4, -0.2) is 0 Å². The Kier molecular flexibility index (Phi) is 3.45. The van der Waals surface area contributed by atoms with E-state index in [0.717, 1.165) is 5.56 Å². The number of hydrogen-bond donors (Lipinski definition) is 0. The summed E-state index contributed by atoms with van der Waals surface area (Å²) in [6, 6.07) is 7.36. The summed E-state index contributed by atoms with van der Waals surface area (Å²) in [5.41, 5.74) is 3.06. The van der Waals surface area contributed by atoms with Gasteiger partial charge in [0.05, 0.1) is 4.83 Å². The van der Waals surface area contributed by atoms with Gasteiger partial charge in [-0.25, -0.2) is 4.39 Å². The molecule has 1 heterocycles. The van der Waals surface area contributed by atoms with Gasteiger partial charge in [0.1, 0.15) is 5.82 Å². The van der Waals surface area contributed by atoms with E-state index in [2.05, 4.69) is 34.3 Å². The van der Waals surface area contributed by atoms with Crippen molar-refractivity contribution in [1.82, 2.24) is 0 Å². The summed E-state index contributed by atoms with van der Waals surface area (Å²) in [5, 5.41) is 2.08. The maximum absolute atomic E-state index is 13.2. The lowest BCUT2D eigenvalue weighted by molar-refractivity contribution is 0.618. The molecule has 0 fully saturated rings. The maximum Gasteiger partial charge on any atom is 0.126 e. The van der Waals surface area contributed by atoms with Crippen molar-refractivity contribution in [1.29, 1.82) is 0 Å². The van der Waals surface area contributed by atoms with E-state index in [-0.39, 0.29) is 10.6 Å². The summed E-state index contributed by atoms with van der Waals surface area (Å²) in [7, 11) is 0. The molecule has 1 aromatic heterocycles. The maximum atomic E-state index is 13.2. The van der Waals surface area contributed by atoms with Crippen LogP contribution < -0.4 is 0 Å². The Bertz CT molecular complexity index is 504. The van der Waals surface area contributed by atoms with Crippen molar-refractivity contribution in [2.75, 3.05) is 0 Å². The second-order valence-corrected chi connectivity index (χ2v) is 5.70. The van der Waals surface area contributed by atoms with Gasteiger partial charge in [-0.2, -0.15) is 0 Å². The summed E-state index contributed by atoms with van der Waals surface area (Å²) in [4.78, 5) is 1.44. The third-order valence-electron chi connectivity index (χ3n) is 2.61. The fourth-order valence-electron chi connectivity index (χ4n) is 1.62. The molecule has 0 saturated carbocycles. The fourth-order valence-corrected chi connectivity index (χ4v) is 3.52. The van der Waals surface area contributed by atoms with E-state index in [1.807, 2.05) is 12.1 Å². The monoisotopic (exact) mass is 298 g/mol. The highest BCUT2D eigenvalue weighted by Gasteiger charge is 2.14. The van der Waals surface area contributed by atoms with Gasteiger partial charge in [-0.05, 0) is 48.1 Å². The molecule has 1 unspecified atom stereocenters. The van der Waals surface area contributed by atoms with Gasteiger partial charge in [0, 0.05) is 4.88 Å². The first-order chi connectivity index (χ1) is 7.59. The molecule has 0 aliphatic rings. The van der Waals surface area contributed by atoms with Crippen molar-refractivity contribution in [3.8, 4) is 0 Å². The molecule has 0 aliphatic carbocycles. The summed E-state index contributed by atoms with van der Waals surface area (Å²) in [6.45, 7) is 3.89. The lowest BCUT2D eigenvalue weighted by atomic mass is 10.1. The van der Waals surface area contributed by atoms with Crippen molar-refractivity contribution in [2.24, 2.45) is 0 Å². The minimum Gasteiger partial charge on any atom is -0.207 e. The molecule has 1 aromatic carbocycles. The third kappa shape index (κ3) is 2.20. The Hall–Kier alpha value is -0.670. The highest BCUT2D eigenvalue weighted by molar-refractivity contribution is 9.09. The topological polar surface area (TPSA) is 0 Å². The second-order valence-electron chi connectivity index (χ2n) is 3.84. The fraction of sp³-hybridized carbons (Fsp3) is 0.231. The smallest absolute Gasteiger partial charge is 0.126 e. The first-order valence-corrected chi connectivity index (χ1v) is 6.83. The average molecular weight is 299 g/mol. The minimum atomic E-state index is -0.147. The van der Waals surface area contributed by atoms with Crippen LogP contribution in [0.5, 0.6) is 0 Å². The Morgan fingerprint density at radius 2 is 1.94 bits per heavy atom. The first kappa shape index (κ1) is 11.8. The SMILES string of the molecule is Cc1cc(C(Br)c2sccc2C)ccc1F. The number of hydrogen-bond acceptors (Lipinski definition) is 1.